The number of carbonyl (C=O) groups excluding carboxylic acids is 2. The first-order chi connectivity index (χ1) is 16.0. The van der Waals surface area contributed by atoms with Gasteiger partial charge in [-0.2, -0.15) is 0 Å². The number of anilines is 1. The lowest BCUT2D eigenvalue weighted by atomic mass is 10.00. The highest BCUT2D eigenvalue weighted by molar-refractivity contribution is 7.80. The van der Waals surface area contributed by atoms with Gasteiger partial charge < -0.3 is 15.0 Å². The number of nitrogens with one attached hydrogen (secondary N) is 1. The predicted octanol–water partition coefficient (Wildman–Crippen LogP) is 3.12. The lowest BCUT2D eigenvalue weighted by molar-refractivity contribution is -0.130. The van der Waals surface area contributed by atoms with E-state index in [2.05, 4.69) is 34.5 Å². The summed E-state index contributed by atoms with van der Waals surface area (Å²) in [5.41, 5.74) is 1.97. The largest absolute Gasteiger partial charge is 0.497 e. The molecule has 1 unspecified atom stereocenters. The summed E-state index contributed by atoms with van der Waals surface area (Å²) in [6, 6.07) is 17.2. The van der Waals surface area contributed by atoms with E-state index in [0.717, 1.165) is 38.2 Å². The number of piperidine rings is 1. The maximum Gasteiger partial charge on any atom is 0.251 e. The smallest absolute Gasteiger partial charge is 0.251 e. The zero-order chi connectivity index (χ0) is 23.4. The number of hydrogen-bond donors (Lipinski definition) is 1. The highest BCUT2D eigenvalue weighted by Gasteiger charge is 2.45. The Morgan fingerprint density at radius 2 is 1.76 bits per heavy atom. The van der Waals surface area contributed by atoms with E-state index >= 15 is 0 Å². The maximum atomic E-state index is 12.9. The van der Waals surface area contributed by atoms with E-state index in [1.54, 1.807) is 38.4 Å². The van der Waals surface area contributed by atoms with Crippen LogP contribution in [0.4, 0.5) is 5.69 Å². The molecule has 0 bridgehead atoms. The molecule has 8 heteroatoms. The molecular weight excluding hydrogens is 436 g/mol. The Kier molecular flexibility index (Phi) is 7.25. The van der Waals surface area contributed by atoms with Crippen LogP contribution in [-0.4, -0.2) is 71.0 Å². The van der Waals surface area contributed by atoms with Crippen LogP contribution in [-0.2, 0) is 16.1 Å². The summed E-state index contributed by atoms with van der Waals surface area (Å²) in [6.07, 6.45) is 1.88. The Balaban J connectivity index is 1.38. The maximum absolute atomic E-state index is 12.9. The van der Waals surface area contributed by atoms with Crippen molar-refractivity contribution < 1.29 is 14.3 Å². The zero-order valence-corrected chi connectivity index (χ0v) is 19.9. The number of likely N-dealkylation sites (N-methyl/N-ethyl adjacent to an activating group) is 1. The normalized spacial score (nSPS) is 19.8. The first-order valence-electron chi connectivity index (χ1n) is 11.3. The molecule has 33 heavy (non-hydrogen) atoms. The topological polar surface area (TPSA) is 65.1 Å². The fourth-order valence-corrected chi connectivity index (χ4v) is 4.97. The fraction of sp³-hybridized carbons (Fsp3) is 0.400. The summed E-state index contributed by atoms with van der Waals surface area (Å²) in [5, 5.41) is 3.40. The molecule has 2 fully saturated rings. The lowest BCUT2D eigenvalue weighted by Crippen LogP contribution is -2.49. The quantitative estimate of drug-likeness (QED) is 0.633. The van der Waals surface area contributed by atoms with Crippen LogP contribution in [0.15, 0.2) is 54.6 Å². The first-order valence-corrected chi connectivity index (χ1v) is 11.7. The van der Waals surface area contributed by atoms with Crippen LogP contribution < -0.4 is 10.1 Å². The number of thiocarbonyl (C=S) groups is 1. The van der Waals surface area contributed by atoms with Crippen LogP contribution >= 0.6 is 12.2 Å². The Hall–Kier alpha value is -2.97. The van der Waals surface area contributed by atoms with Crippen LogP contribution in [0.2, 0.25) is 0 Å². The molecule has 2 amide bonds. The van der Waals surface area contributed by atoms with Crippen molar-refractivity contribution in [1.29, 1.82) is 0 Å². The second-order valence-electron chi connectivity index (χ2n) is 8.58. The van der Waals surface area contributed by atoms with Crippen molar-refractivity contribution in [2.75, 3.05) is 32.6 Å². The third-order valence-electron chi connectivity index (χ3n) is 6.41. The van der Waals surface area contributed by atoms with E-state index in [4.69, 9.17) is 17.0 Å². The van der Waals surface area contributed by atoms with E-state index in [1.807, 2.05) is 11.0 Å². The van der Waals surface area contributed by atoms with Gasteiger partial charge in [-0.3, -0.25) is 19.4 Å². The molecule has 7 nitrogen and oxygen atoms in total. The summed E-state index contributed by atoms with van der Waals surface area (Å²) in [6.45, 7) is 2.78. The fourth-order valence-electron chi connectivity index (χ4n) is 4.60. The monoisotopic (exact) mass is 466 g/mol. The minimum absolute atomic E-state index is 0.0690. The molecule has 2 aliphatic heterocycles. The molecule has 0 aromatic heterocycles. The zero-order valence-electron chi connectivity index (χ0n) is 19.1. The Bertz CT molecular complexity index is 990. The van der Waals surface area contributed by atoms with Gasteiger partial charge in [0.1, 0.15) is 11.8 Å². The number of methoxy groups -OCH3 is 1. The number of nitrogens with zero attached hydrogens (tertiary/aromatic N) is 3. The Morgan fingerprint density at radius 1 is 1.09 bits per heavy atom. The number of hydrogen-bond acceptors (Lipinski definition) is 5. The molecule has 1 atom stereocenters. The standard InChI is InChI=1S/C25H30N4O3S/c1-27-24(31)22(16-23(30)26-19-8-10-21(32-2)11-9-19)29(25(27)33)20-12-14-28(15-13-20)17-18-6-4-3-5-7-18/h3-11,20,22H,12-17H2,1-2H3,(H,26,30). The molecule has 2 saturated heterocycles. The average molecular weight is 467 g/mol. The van der Waals surface area contributed by atoms with Crippen molar-refractivity contribution in [3.63, 3.8) is 0 Å². The van der Waals surface area contributed by atoms with Crippen LogP contribution in [0.3, 0.4) is 0 Å². The molecule has 1 N–H and O–H groups in total. The second-order valence-corrected chi connectivity index (χ2v) is 8.94. The summed E-state index contributed by atoms with van der Waals surface area (Å²) in [4.78, 5) is 31.7. The molecule has 0 spiro atoms. The average Bonchev–Trinajstić information content (AvgIpc) is 3.04. The van der Waals surface area contributed by atoms with E-state index in [1.165, 1.54) is 10.5 Å². The van der Waals surface area contributed by atoms with Crippen molar-refractivity contribution in [3.8, 4) is 5.75 Å². The number of rotatable bonds is 7. The molecular formula is C25H30N4O3S. The number of likely N-dealkylation sites (tertiary alicyclic amines) is 1. The molecule has 0 saturated carbocycles. The second kappa shape index (κ2) is 10.3. The van der Waals surface area contributed by atoms with Gasteiger partial charge in [-0.1, -0.05) is 30.3 Å². The van der Waals surface area contributed by atoms with Crippen molar-refractivity contribution in [3.05, 3.63) is 60.2 Å². The summed E-state index contributed by atoms with van der Waals surface area (Å²) < 4.78 is 5.15. The Morgan fingerprint density at radius 3 is 2.39 bits per heavy atom. The van der Waals surface area contributed by atoms with Gasteiger partial charge in [-0.25, -0.2) is 0 Å². The summed E-state index contributed by atoms with van der Waals surface area (Å²) in [5.74, 6) is 0.399. The van der Waals surface area contributed by atoms with Crippen molar-refractivity contribution in [2.24, 2.45) is 0 Å². The van der Waals surface area contributed by atoms with E-state index < -0.39 is 6.04 Å². The van der Waals surface area contributed by atoms with Crippen LogP contribution in [0.25, 0.3) is 0 Å². The third-order valence-corrected chi connectivity index (χ3v) is 6.90. The number of carbonyl (C=O) groups is 2. The third kappa shape index (κ3) is 5.34. The first kappa shape index (κ1) is 23.2. The molecule has 0 radical (unpaired) electrons. The van der Waals surface area contributed by atoms with E-state index in [9.17, 15) is 9.59 Å². The molecule has 4 rings (SSSR count). The van der Waals surface area contributed by atoms with Gasteiger partial charge in [0.25, 0.3) is 5.91 Å². The molecule has 2 aromatic rings. The molecule has 2 aromatic carbocycles. The molecule has 174 valence electrons. The van der Waals surface area contributed by atoms with Gasteiger partial charge in [-0.15, -0.1) is 0 Å². The highest BCUT2D eigenvalue weighted by Crippen LogP contribution is 2.28. The van der Waals surface area contributed by atoms with Crippen LogP contribution in [0.1, 0.15) is 24.8 Å². The van der Waals surface area contributed by atoms with Gasteiger partial charge >= 0.3 is 0 Å². The van der Waals surface area contributed by atoms with Gasteiger partial charge in [0.05, 0.1) is 13.5 Å². The molecule has 2 heterocycles. The predicted molar refractivity (Wildman–Crippen MR) is 132 cm³/mol. The highest BCUT2D eigenvalue weighted by atomic mass is 32.1. The van der Waals surface area contributed by atoms with Gasteiger partial charge in [0.2, 0.25) is 5.91 Å². The van der Waals surface area contributed by atoms with Crippen LogP contribution in [0.5, 0.6) is 5.75 Å². The van der Waals surface area contributed by atoms with E-state index in [-0.39, 0.29) is 24.3 Å². The summed E-state index contributed by atoms with van der Waals surface area (Å²) in [7, 11) is 3.29. The SMILES string of the molecule is COc1ccc(NC(=O)CC2C(=O)N(C)C(=S)N2C2CCN(Cc3ccccc3)CC2)cc1. The van der Waals surface area contributed by atoms with Crippen molar-refractivity contribution in [1.82, 2.24) is 14.7 Å². The van der Waals surface area contributed by atoms with Gasteiger partial charge in [0.15, 0.2) is 5.11 Å². The van der Waals surface area contributed by atoms with E-state index in [0.29, 0.717) is 10.8 Å². The minimum atomic E-state index is -0.563. The van der Waals surface area contributed by atoms with Gasteiger partial charge in [0, 0.05) is 38.4 Å². The summed E-state index contributed by atoms with van der Waals surface area (Å²) >= 11 is 5.61. The number of benzene rings is 2. The van der Waals surface area contributed by atoms with Crippen molar-refractivity contribution >= 4 is 34.8 Å². The Labute approximate surface area is 200 Å². The molecule has 2 aliphatic rings. The van der Waals surface area contributed by atoms with Gasteiger partial charge in [-0.05, 0) is 54.9 Å². The van der Waals surface area contributed by atoms with Crippen molar-refractivity contribution in [2.45, 2.75) is 37.9 Å². The number of ether oxygens (including phenoxy) is 1. The number of amides is 2. The lowest BCUT2D eigenvalue weighted by Gasteiger charge is -2.39. The van der Waals surface area contributed by atoms with Crippen LogP contribution in [0, 0.1) is 0 Å². The minimum Gasteiger partial charge on any atom is -0.497 e. The molecule has 0 aliphatic carbocycles.